The van der Waals surface area contributed by atoms with Crippen LogP contribution in [0, 0.1) is 0 Å². The van der Waals surface area contributed by atoms with Gasteiger partial charge in [0.25, 0.3) is 0 Å². The van der Waals surface area contributed by atoms with Crippen molar-refractivity contribution >= 4 is 33.4 Å². The summed E-state index contributed by atoms with van der Waals surface area (Å²) in [5.74, 6) is 0.217. The Morgan fingerprint density at radius 1 is 0.630 bits per heavy atom. The minimum atomic E-state index is 0.217. The van der Waals surface area contributed by atoms with Crippen LogP contribution >= 0.6 is 0 Å². The Labute approximate surface area is 271 Å². The Balaban J connectivity index is 1.19. The third-order valence-corrected chi connectivity index (χ3v) is 9.56. The van der Waals surface area contributed by atoms with Crippen LogP contribution in [-0.4, -0.2) is 14.1 Å². The molecule has 46 heavy (non-hydrogen) atoms. The minimum Gasteiger partial charge on any atom is -0.345 e. The highest BCUT2D eigenvalue weighted by molar-refractivity contribution is 6.01. The number of likely N-dealkylation sites (N-methyl/N-ethyl adjacent to an activating group) is 1. The van der Waals surface area contributed by atoms with Crippen LogP contribution in [0.2, 0.25) is 0 Å². The number of nitrogens with zero attached hydrogens (tertiary/aromatic N) is 2. The van der Waals surface area contributed by atoms with Gasteiger partial charge in [-0.25, -0.2) is 0 Å². The summed E-state index contributed by atoms with van der Waals surface area (Å²) in [6.45, 7) is 0. The molecule has 220 valence electrons. The van der Waals surface area contributed by atoms with E-state index < -0.39 is 0 Å². The molecule has 0 radical (unpaired) electrons. The van der Waals surface area contributed by atoms with E-state index in [9.17, 15) is 0 Å². The zero-order chi connectivity index (χ0) is 31.0. The molecule has 2 nitrogen and oxygen atoms in total. The molecule has 0 N–H and O–H groups in total. The fraction of sp³-hybridized carbons (Fsp3) is 0.0909. The SMILES string of the molecule is CN(C1=C=C=CC=C1)c1ccc(-c2cc3c(c4ccccc24)CC(c2ccc(N(C)c4ccccc4)cc2)=C2C=CC=CC23)cc1. The van der Waals surface area contributed by atoms with Crippen LogP contribution < -0.4 is 9.80 Å². The van der Waals surface area contributed by atoms with Gasteiger partial charge in [0.05, 0.1) is 5.70 Å². The van der Waals surface area contributed by atoms with Gasteiger partial charge in [-0.05, 0) is 117 Å². The molecule has 5 aromatic carbocycles. The number of hydrogen-bond donors (Lipinski definition) is 0. The van der Waals surface area contributed by atoms with Gasteiger partial charge >= 0.3 is 0 Å². The summed E-state index contributed by atoms with van der Waals surface area (Å²) >= 11 is 0. The molecular weight excluding hydrogens is 556 g/mol. The molecule has 5 aromatic rings. The average molecular weight is 591 g/mol. The van der Waals surface area contributed by atoms with E-state index in [0.717, 1.165) is 17.8 Å². The van der Waals surface area contributed by atoms with Crippen LogP contribution in [-0.2, 0) is 6.42 Å². The van der Waals surface area contributed by atoms with Crippen molar-refractivity contribution in [2.45, 2.75) is 12.3 Å². The van der Waals surface area contributed by atoms with Crippen LogP contribution in [0.4, 0.5) is 17.1 Å². The fourth-order valence-electron chi connectivity index (χ4n) is 7.05. The van der Waals surface area contributed by atoms with Gasteiger partial charge in [-0.1, -0.05) is 103 Å². The summed E-state index contributed by atoms with van der Waals surface area (Å²) in [6.07, 6.45) is 15.9. The Morgan fingerprint density at radius 3 is 2.04 bits per heavy atom. The lowest BCUT2D eigenvalue weighted by Crippen LogP contribution is -2.15. The Hall–Kier alpha value is -5.78. The Bertz CT molecular complexity index is 2200. The van der Waals surface area contributed by atoms with Crippen molar-refractivity contribution in [1.82, 2.24) is 0 Å². The van der Waals surface area contributed by atoms with E-state index in [-0.39, 0.29) is 5.92 Å². The van der Waals surface area contributed by atoms with Gasteiger partial charge in [0.1, 0.15) is 0 Å². The van der Waals surface area contributed by atoms with Crippen molar-refractivity contribution in [3.63, 3.8) is 0 Å². The zero-order valence-electron chi connectivity index (χ0n) is 26.1. The highest BCUT2D eigenvalue weighted by atomic mass is 15.1. The summed E-state index contributed by atoms with van der Waals surface area (Å²) in [7, 11) is 4.20. The van der Waals surface area contributed by atoms with Crippen LogP contribution in [0.15, 0.2) is 174 Å². The van der Waals surface area contributed by atoms with E-state index in [1.54, 1.807) is 0 Å². The second-order valence-corrected chi connectivity index (χ2v) is 12.1. The molecule has 0 amide bonds. The molecule has 3 aliphatic carbocycles. The maximum atomic E-state index is 3.21. The van der Waals surface area contributed by atoms with Gasteiger partial charge in [-0.2, -0.15) is 0 Å². The Morgan fingerprint density at radius 2 is 1.30 bits per heavy atom. The molecular formula is C44H34N2. The standard InChI is InChI=1S/C44H34N2/c1-45(33-13-5-3-6-14-33)35-25-21-31(22-26-35)41-29-43-40-20-12-10-18-38(40)42(30-44(43)39-19-11-9-17-37(39)41)32-23-27-36(28-24-32)46(2)34-15-7-4-8-16-34/h3-7,9-15,17-28,30,39H,29H2,1-2H3. The van der Waals surface area contributed by atoms with Crippen molar-refractivity contribution < 1.29 is 0 Å². The van der Waals surface area contributed by atoms with Gasteiger partial charge in [0.2, 0.25) is 0 Å². The number of fused-ring (bicyclic) bond motifs is 5. The second-order valence-electron chi connectivity index (χ2n) is 12.1. The monoisotopic (exact) mass is 590 g/mol. The molecule has 0 bridgehead atoms. The topological polar surface area (TPSA) is 6.48 Å². The lowest BCUT2D eigenvalue weighted by Gasteiger charge is -2.32. The number of para-hydroxylation sites is 1. The average Bonchev–Trinajstić information content (AvgIpc) is 3.14. The number of rotatable bonds is 6. The van der Waals surface area contributed by atoms with Gasteiger partial charge in [-0.15, -0.1) is 0 Å². The third kappa shape index (κ3) is 4.87. The third-order valence-electron chi connectivity index (χ3n) is 9.56. The summed E-state index contributed by atoms with van der Waals surface area (Å²) in [5.41, 5.74) is 20.2. The number of allylic oxidation sites excluding steroid dienone is 9. The van der Waals surface area contributed by atoms with Crippen LogP contribution in [0.25, 0.3) is 27.5 Å². The summed E-state index contributed by atoms with van der Waals surface area (Å²) in [5, 5.41) is 2.64. The van der Waals surface area contributed by atoms with Crippen LogP contribution in [0.1, 0.15) is 22.6 Å². The molecule has 0 aliphatic heterocycles. The highest BCUT2D eigenvalue weighted by Crippen LogP contribution is 2.47. The number of anilines is 3. The molecule has 0 spiro atoms. The first-order valence-electron chi connectivity index (χ1n) is 15.9. The van der Waals surface area contributed by atoms with Gasteiger partial charge in [0.15, 0.2) is 0 Å². The number of benzene rings is 5. The summed E-state index contributed by atoms with van der Waals surface area (Å²) in [6, 6.07) is 39.9. The van der Waals surface area contributed by atoms with Crippen LogP contribution in [0.3, 0.4) is 0 Å². The van der Waals surface area contributed by atoms with Gasteiger partial charge < -0.3 is 9.80 Å². The van der Waals surface area contributed by atoms with E-state index in [1.165, 1.54) is 61.1 Å². The first-order chi connectivity index (χ1) is 22.7. The van der Waals surface area contributed by atoms with E-state index in [0.29, 0.717) is 0 Å². The fourth-order valence-corrected chi connectivity index (χ4v) is 7.05. The zero-order valence-corrected chi connectivity index (χ0v) is 26.1. The first kappa shape index (κ1) is 27.7. The molecule has 3 aliphatic rings. The minimum absolute atomic E-state index is 0.217. The molecule has 1 unspecified atom stereocenters. The lowest BCUT2D eigenvalue weighted by atomic mass is 9.72. The van der Waals surface area contributed by atoms with Crippen molar-refractivity contribution in [2.75, 3.05) is 23.9 Å². The van der Waals surface area contributed by atoms with E-state index in [2.05, 4.69) is 175 Å². The van der Waals surface area contributed by atoms with E-state index >= 15 is 0 Å². The molecule has 0 heterocycles. The van der Waals surface area contributed by atoms with Crippen molar-refractivity contribution in [3.8, 4) is 11.1 Å². The Kier molecular flexibility index (Phi) is 7.01. The van der Waals surface area contributed by atoms with E-state index in [4.69, 9.17) is 0 Å². The maximum Gasteiger partial charge on any atom is 0.0924 e. The summed E-state index contributed by atoms with van der Waals surface area (Å²) in [4.78, 5) is 4.39. The maximum absolute atomic E-state index is 3.21. The van der Waals surface area contributed by atoms with E-state index in [1.807, 2.05) is 12.2 Å². The lowest BCUT2D eigenvalue weighted by molar-refractivity contribution is 0.956. The molecule has 2 heteroatoms. The summed E-state index contributed by atoms with van der Waals surface area (Å²) < 4.78 is 0. The predicted molar refractivity (Wildman–Crippen MR) is 195 cm³/mol. The van der Waals surface area contributed by atoms with Crippen molar-refractivity contribution in [3.05, 3.63) is 191 Å². The second kappa shape index (κ2) is 11.6. The molecule has 0 aromatic heterocycles. The molecule has 0 saturated carbocycles. The smallest absolute Gasteiger partial charge is 0.0924 e. The highest BCUT2D eigenvalue weighted by Gasteiger charge is 2.29. The van der Waals surface area contributed by atoms with Gasteiger partial charge in [0, 0.05) is 37.1 Å². The van der Waals surface area contributed by atoms with Gasteiger partial charge in [-0.3, -0.25) is 0 Å². The quantitative estimate of drug-likeness (QED) is 0.182. The first-order valence-corrected chi connectivity index (χ1v) is 15.9. The number of hydrogen-bond acceptors (Lipinski definition) is 2. The normalized spacial score (nSPS) is 16.0. The van der Waals surface area contributed by atoms with Crippen molar-refractivity contribution in [1.29, 1.82) is 0 Å². The van der Waals surface area contributed by atoms with Crippen molar-refractivity contribution in [2.24, 2.45) is 0 Å². The molecule has 0 fully saturated rings. The molecule has 8 rings (SSSR count). The predicted octanol–water partition coefficient (Wildman–Crippen LogP) is 10.7. The largest absolute Gasteiger partial charge is 0.345 e. The molecule has 1 atom stereocenters. The van der Waals surface area contributed by atoms with Crippen LogP contribution in [0.5, 0.6) is 0 Å². The molecule has 0 saturated heterocycles.